The van der Waals surface area contributed by atoms with Crippen LogP contribution in [0, 0.1) is 20.8 Å². The zero-order valence-electron chi connectivity index (χ0n) is 14.0. The van der Waals surface area contributed by atoms with Gasteiger partial charge in [0, 0.05) is 0 Å². The van der Waals surface area contributed by atoms with Crippen LogP contribution in [-0.4, -0.2) is 17.9 Å². The van der Waals surface area contributed by atoms with E-state index in [1.165, 1.54) is 0 Å². The lowest BCUT2D eigenvalue weighted by molar-refractivity contribution is -0.125. The lowest BCUT2D eigenvalue weighted by atomic mass is 10.0. The topological polar surface area (TPSA) is 83.4 Å². The van der Waals surface area contributed by atoms with Crippen LogP contribution in [0.3, 0.4) is 0 Å². The van der Waals surface area contributed by atoms with Crippen molar-refractivity contribution in [2.45, 2.75) is 39.8 Å². The van der Waals surface area contributed by atoms with Crippen LogP contribution >= 0.6 is 0 Å². The summed E-state index contributed by atoms with van der Waals surface area (Å²) in [7, 11) is 0. The quantitative estimate of drug-likeness (QED) is 0.806. The highest BCUT2D eigenvalue weighted by atomic mass is 16.3. The number of amides is 2. The van der Waals surface area contributed by atoms with E-state index in [-0.39, 0.29) is 18.2 Å². The van der Waals surface area contributed by atoms with Crippen LogP contribution in [0.25, 0.3) is 0 Å². The summed E-state index contributed by atoms with van der Waals surface area (Å²) < 4.78 is 5.41. The number of hydrogen-bond donors (Lipinski definition) is 3. The molecule has 6 nitrogen and oxygen atoms in total. The van der Waals surface area contributed by atoms with Gasteiger partial charge in [-0.05, 0) is 56.2 Å². The first-order chi connectivity index (χ1) is 11.4. The van der Waals surface area contributed by atoms with Crippen LogP contribution in [-0.2, 0) is 16.1 Å². The maximum atomic E-state index is 12.2. The van der Waals surface area contributed by atoms with Gasteiger partial charge in [-0.2, -0.15) is 0 Å². The van der Waals surface area contributed by atoms with Gasteiger partial charge in [0.1, 0.15) is 17.6 Å². The maximum absolute atomic E-state index is 12.2. The number of carbonyl (C=O) groups is 2. The highest BCUT2D eigenvalue weighted by Crippen LogP contribution is 2.30. The van der Waals surface area contributed by atoms with Crippen molar-refractivity contribution in [1.82, 2.24) is 5.32 Å². The zero-order valence-corrected chi connectivity index (χ0v) is 14.0. The van der Waals surface area contributed by atoms with Gasteiger partial charge in [0.2, 0.25) is 11.8 Å². The SMILES string of the molecule is Cc1ccc(CNC(=O)CC2Nc3cc(C)c(C)cc3NC2=O)o1. The number of aryl methyl sites for hydroxylation is 3. The Bertz CT molecular complexity index is 795. The van der Waals surface area contributed by atoms with E-state index in [0.29, 0.717) is 12.3 Å². The molecule has 3 N–H and O–H groups in total. The van der Waals surface area contributed by atoms with Crippen LogP contribution in [0.1, 0.15) is 29.1 Å². The molecular formula is C18H21N3O3. The zero-order chi connectivity index (χ0) is 17.3. The number of rotatable bonds is 4. The van der Waals surface area contributed by atoms with E-state index in [0.717, 1.165) is 28.3 Å². The highest BCUT2D eigenvalue weighted by Gasteiger charge is 2.27. The molecule has 0 saturated carbocycles. The van der Waals surface area contributed by atoms with Crippen molar-refractivity contribution in [2.75, 3.05) is 10.6 Å². The molecule has 2 heterocycles. The monoisotopic (exact) mass is 327 g/mol. The molecule has 1 unspecified atom stereocenters. The van der Waals surface area contributed by atoms with Gasteiger partial charge in [-0.25, -0.2) is 0 Å². The fourth-order valence-corrected chi connectivity index (χ4v) is 2.68. The molecule has 0 aliphatic carbocycles. The Morgan fingerprint density at radius 2 is 1.88 bits per heavy atom. The van der Waals surface area contributed by atoms with Crippen molar-refractivity contribution in [3.05, 3.63) is 46.9 Å². The number of carbonyl (C=O) groups excluding carboxylic acids is 2. The predicted molar refractivity (Wildman–Crippen MR) is 91.9 cm³/mol. The Balaban J connectivity index is 1.61. The third kappa shape index (κ3) is 3.42. The van der Waals surface area contributed by atoms with Crippen molar-refractivity contribution < 1.29 is 14.0 Å². The van der Waals surface area contributed by atoms with Crippen LogP contribution in [0.2, 0.25) is 0 Å². The normalized spacial score (nSPS) is 16.1. The van der Waals surface area contributed by atoms with Gasteiger partial charge < -0.3 is 20.4 Å². The Labute approximate surface area is 140 Å². The molecule has 3 rings (SSSR count). The second-order valence-corrected chi connectivity index (χ2v) is 6.16. The number of benzene rings is 1. The second-order valence-electron chi connectivity index (χ2n) is 6.16. The summed E-state index contributed by atoms with van der Waals surface area (Å²) in [6.45, 7) is 6.18. The van der Waals surface area contributed by atoms with Crippen molar-refractivity contribution in [2.24, 2.45) is 0 Å². The van der Waals surface area contributed by atoms with E-state index < -0.39 is 6.04 Å². The minimum atomic E-state index is -0.585. The van der Waals surface area contributed by atoms with E-state index in [1.807, 2.05) is 45.0 Å². The maximum Gasteiger partial charge on any atom is 0.247 e. The fraction of sp³-hybridized carbons (Fsp3) is 0.333. The third-order valence-electron chi connectivity index (χ3n) is 4.18. The number of hydrogen-bond acceptors (Lipinski definition) is 4. The Kier molecular flexibility index (Phi) is 4.29. The first-order valence-electron chi connectivity index (χ1n) is 7.93. The highest BCUT2D eigenvalue weighted by molar-refractivity contribution is 6.05. The molecule has 2 amide bonds. The van der Waals surface area contributed by atoms with E-state index in [2.05, 4.69) is 16.0 Å². The van der Waals surface area contributed by atoms with Crippen LogP contribution in [0.4, 0.5) is 11.4 Å². The summed E-state index contributed by atoms with van der Waals surface area (Å²) in [6, 6.07) is 7.01. The molecule has 24 heavy (non-hydrogen) atoms. The van der Waals surface area contributed by atoms with Crippen molar-refractivity contribution >= 4 is 23.2 Å². The molecule has 0 saturated heterocycles. The molecule has 0 bridgehead atoms. The Morgan fingerprint density at radius 1 is 1.17 bits per heavy atom. The molecular weight excluding hydrogens is 306 g/mol. The van der Waals surface area contributed by atoms with Crippen molar-refractivity contribution in [3.8, 4) is 0 Å². The predicted octanol–water partition coefficient (Wildman–Crippen LogP) is 2.64. The molecule has 1 aliphatic rings. The van der Waals surface area contributed by atoms with E-state index >= 15 is 0 Å². The minimum absolute atomic E-state index is 0.0673. The smallest absolute Gasteiger partial charge is 0.247 e. The van der Waals surface area contributed by atoms with E-state index in [4.69, 9.17) is 4.42 Å². The van der Waals surface area contributed by atoms with E-state index in [9.17, 15) is 9.59 Å². The van der Waals surface area contributed by atoms with Gasteiger partial charge in [0.25, 0.3) is 0 Å². The number of nitrogens with one attached hydrogen (secondary N) is 3. The average molecular weight is 327 g/mol. The summed E-state index contributed by atoms with van der Waals surface area (Å²) >= 11 is 0. The standard InChI is InChI=1S/C18H21N3O3/c1-10-6-14-15(7-11(10)2)21-18(23)16(20-14)8-17(22)19-9-13-5-4-12(3)24-13/h4-7,16,20H,8-9H2,1-3H3,(H,19,22)(H,21,23). The number of fused-ring (bicyclic) bond motifs is 1. The molecule has 0 spiro atoms. The minimum Gasteiger partial charge on any atom is -0.465 e. The van der Waals surface area contributed by atoms with Gasteiger partial charge >= 0.3 is 0 Å². The lowest BCUT2D eigenvalue weighted by Crippen LogP contribution is -2.42. The second kappa shape index (κ2) is 6.39. The molecule has 2 aromatic rings. The molecule has 1 atom stereocenters. The summed E-state index contributed by atoms with van der Waals surface area (Å²) in [4.78, 5) is 24.3. The summed E-state index contributed by atoms with van der Waals surface area (Å²) in [5.74, 6) is 1.09. The summed E-state index contributed by atoms with van der Waals surface area (Å²) in [5.41, 5.74) is 3.84. The lowest BCUT2D eigenvalue weighted by Gasteiger charge is -2.27. The molecule has 0 fully saturated rings. The van der Waals surface area contributed by atoms with Gasteiger partial charge in [-0.3, -0.25) is 9.59 Å². The molecule has 0 radical (unpaired) electrons. The van der Waals surface area contributed by atoms with Crippen molar-refractivity contribution in [3.63, 3.8) is 0 Å². The van der Waals surface area contributed by atoms with Gasteiger partial charge in [0.15, 0.2) is 0 Å². The fourth-order valence-electron chi connectivity index (χ4n) is 2.68. The van der Waals surface area contributed by atoms with Crippen molar-refractivity contribution in [1.29, 1.82) is 0 Å². The largest absolute Gasteiger partial charge is 0.465 e. The summed E-state index contributed by atoms with van der Waals surface area (Å²) in [6.07, 6.45) is 0.0673. The molecule has 1 aromatic heterocycles. The van der Waals surface area contributed by atoms with Gasteiger partial charge in [-0.15, -0.1) is 0 Å². The van der Waals surface area contributed by atoms with Gasteiger partial charge in [0.05, 0.1) is 24.3 Å². The summed E-state index contributed by atoms with van der Waals surface area (Å²) in [5, 5.41) is 8.78. The molecule has 1 aliphatic heterocycles. The van der Waals surface area contributed by atoms with Crippen LogP contribution in [0.5, 0.6) is 0 Å². The Hall–Kier alpha value is -2.76. The molecule has 126 valence electrons. The molecule has 1 aromatic carbocycles. The number of anilines is 2. The third-order valence-corrected chi connectivity index (χ3v) is 4.18. The molecule has 6 heteroatoms. The average Bonchev–Trinajstić information content (AvgIpc) is 2.94. The first kappa shape index (κ1) is 16.1. The number of furan rings is 1. The van der Waals surface area contributed by atoms with E-state index in [1.54, 1.807) is 0 Å². The Morgan fingerprint density at radius 3 is 2.54 bits per heavy atom. The van der Waals surface area contributed by atoms with Crippen LogP contribution in [0.15, 0.2) is 28.7 Å². The van der Waals surface area contributed by atoms with Crippen LogP contribution < -0.4 is 16.0 Å². The first-order valence-corrected chi connectivity index (χ1v) is 7.93. The van der Waals surface area contributed by atoms with Gasteiger partial charge in [-0.1, -0.05) is 0 Å².